The number of aliphatic hydroxyl groups is 1. The number of fused-ring (bicyclic) bond motifs is 1. The van der Waals surface area contributed by atoms with Crippen LogP contribution in [0.5, 0.6) is 5.75 Å². The molecule has 194 valence electrons. The second kappa shape index (κ2) is 9.98. The van der Waals surface area contributed by atoms with Gasteiger partial charge in [-0.25, -0.2) is 9.18 Å². The summed E-state index contributed by atoms with van der Waals surface area (Å²) in [6.07, 6.45) is 0.0418. The first-order valence-corrected chi connectivity index (χ1v) is 12.2. The smallest absolute Gasteiger partial charge is 0.338 e. The first kappa shape index (κ1) is 26.4. The number of methoxy groups -OCH3 is 1. The van der Waals surface area contributed by atoms with Crippen LogP contribution in [0.25, 0.3) is 0 Å². The lowest BCUT2D eigenvalue weighted by molar-refractivity contribution is -0.136. The summed E-state index contributed by atoms with van der Waals surface area (Å²) in [5.41, 5.74) is 2.29. The summed E-state index contributed by atoms with van der Waals surface area (Å²) < 4.78 is 24.8. The molecule has 1 atom stereocenters. The van der Waals surface area contributed by atoms with Gasteiger partial charge in [0.25, 0.3) is 5.91 Å². The number of ether oxygens (including phenoxy) is 2. The van der Waals surface area contributed by atoms with Crippen LogP contribution in [0.2, 0.25) is 0 Å². The molecule has 1 unspecified atom stereocenters. The molecule has 0 saturated heterocycles. The molecule has 7 heteroatoms. The minimum atomic E-state index is -1.85. The highest BCUT2D eigenvalue weighted by Gasteiger charge is 2.43. The third-order valence-corrected chi connectivity index (χ3v) is 6.77. The Morgan fingerprint density at radius 1 is 1.08 bits per heavy atom. The van der Waals surface area contributed by atoms with Crippen molar-refractivity contribution >= 4 is 17.6 Å². The van der Waals surface area contributed by atoms with Crippen molar-refractivity contribution in [3.63, 3.8) is 0 Å². The summed E-state index contributed by atoms with van der Waals surface area (Å²) >= 11 is 0. The van der Waals surface area contributed by atoms with Gasteiger partial charge in [0.15, 0.2) is 0 Å². The molecule has 0 saturated carbocycles. The maximum Gasteiger partial charge on any atom is 0.338 e. The lowest BCUT2D eigenvalue weighted by atomic mass is 9.72. The van der Waals surface area contributed by atoms with Crippen LogP contribution in [-0.4, -0.2) is 29.7 Å². The number of aryl methyl sites for hydroxylation is 2. The number of cyclic esters (lactones) is 1. The zero-order valence-electron chi connectivity index (χ0n) is 21.8. The first-order valence-electron chi connectivity index (χ1n) is 12.2. The van der Waals surface area contributed by atoms with E-state index >= 15 is 0 Å². The van der Waals surface area contributed by atoms with Crippen LogP contribution >= 0.6 is 0 Å². The Morgan fingerprint density at radius 3 is 2.46 bits per heavy atom. The van der Waals surface area contributed by atoms with Crippen molar-refractivity contribution in [2.24, 2.45) is 0 Å². The van der Waals surface area contributed by atoms with Gasteiger partial charge in [-0.05, 0) is 67.6 Å². The number of benzene rings is 3. The topological polar surface area (TPSA) is 84.9 Å². The Hall–Kier alpha value is -3.71. The van der Waals surface area contributed by atoms with Gasteiger partial charge in [0.2, 0.25) is 0 Å². The van der Waals surface area contributed by atoms with Crippen LogP contribution in [0.4, 0.5) is 10.1 Å². The number of nitrogens with one attached hydrogen (secondary N) is 1. The van der Waals surface area contributed by atoms with Crippen molar-refractivity contribution in [1.29, 1.82) is 0 Å². The zero-order valence-corrected chi connectivity index (χ0v) is 21.8. The number of anilines is 1. The van der Waals surface area contributed by atoms with Gasteiger partial charge < -0.3 is 19.9 Å². The van der Waals surface area contributed by atoms with E-state index in [-0.39, 0.29) is 19.4 Å². The molecule has 0 radical (unpaired) electrons. The van der Waals surface area contributed by atoms with Crippen LogP contribution in [0.15, 0.2) is 54.6 Å². The highest BCUT2D eigenvalue weighted by molar-refractivity contribution is 5.99. The Labute approximate surface area is 216 Å². The van der Waals surface area contributed by atoms with Gasteiger partial charge in [0, 0.05) is 23.2 Å². The average molecular weight is 506 g/mol. The highest BCUT2D eigenvalue weighted by Crippen LogP contribution is 2.40. The normalized spacial score (nSPS) is 14.5. The lowest BCUT2D eigenvalue weighted by Crippen LogP contribution is -2.49. The second-order valence-electron chi connectivity index (χ2n) is 10.5. The molecular weight excluding hydrogens is 473 g/mol. The molecule has 1 amide bonds. The maximum atomic E-state index is 14.2. The molecule has 6 nitrogen and oxygen atoms in total. The summed E-state index contributed by atoms with van der Waals surface area (Å²) in [5.74, 6) is -0.949. The van der Waals surface area contributed by atoms with Gasteiger partial charge in [-0.3, -0.25) is 4.79 Å². The third kappa shape index (κ3) is 5.67. The van der Waals surface area contributed by atoms with E-state index in [4.69, 9.17) is 9.47 Å². The SMILES string of the molecule is COc1ccc(F)cc1C(C)(C)CC(O)(Cc1cc(C)cc(C)c1)C(=O)Nc1ccc2c(c1)COC2=O. The molecule has 1 heterocycles. The molecule has 1 aliphatic rings. The Kier molecular flexibility index (Phi) is 7.11. The van der Waals surface area contributed by atoms with Crippen molar-refractivity contribution in [1.82, 2.24) is 0 Å². The third-order valence-electron chi connectivity index (χ3n) is 6.77. The minimum Gasteiger partial charge on any atom is -0.496 e. The van der Waals surface area contributed by atoms with Crippen molar-refractivity contribution in [3.05, 3.63) is 93.8 Å². The predicted molar refractivity (Wildman–Crippen MR) is 139 cm³/mol. The molecule has 1 aliphatic heterocycles. The number of carbonyl (C=O) groups is 2. The van der Waals surface area contributed by atoms with E-state index in [0.717, 1.165) is 16.7 Å². The average Bonchev–Trinajstić information content (AvgIpc) is 3.18. The van der Waals surface area contributed by atoms with Crippen LogP contribution in [0, 0.1) is 19.7 Å². The van der Waals surface area contributed by atoms with Gasteiger partial charge in [0.1, 0.15) is 23.8 Å². The number of rotatable bonds is 8. The second-order valence-corrected chi connectivity index (χ2v) is 10.5. The van der Waals surface area contributed by atoms with E-state index in [2.05, 4.69) is 5.32 Å². The fourth-order valence-corrected chi connectivity index (χ4v) is 5.23. The summed E-state index contributed by atoms with van der Waals surface area (Å²) in [6, 6.07) is 15.0. The fourth-order valence-electron chi connectivity index (χ4n) is 5.23. The van der Waals surface area contributed by atoms with Gasteiger partial charge in [-0.1, -0.05) is 43.2 Å². The number of amides is 1. The number of halogens is 1. The number of esters is 1. The Balaban J connectivity index is 1.71. The monoisotopic (exact) mass is 505 g/mol. The number of hydrogen-bond acceptors (Lipinski definition) is 5. The highest BCUT2D eigenvalue weighted by atomic mass is 19.1. The molecule has 3 aromatic carbocycles. The van der Waals surface area contributed by atoms with Crippen molar-refractivity contribution < 1.29 is 28.6 Å². The van der Waals surface area contributed by atoms with Gasteiger partial charge in [-0.15, -0.1) is 0 Å². The molecule has 3 aromatic rings. The standard InChI is InChI=1S/C30H32FNO5/c1-18-10-19(2)12-20(11-18)15-30(35,17-29(3,4)25-14-22(31)6-9-26(25)36-5)28(34)32-23-7-8-24-21(13-23)16-37-27(24)33/h6-14,35H,15-17H2,1-5H3,(H,32,34). The lowest BCUT2D eigenvalue weighted by Gasteiger charge is -2.36. The zero-order chi connectivity index (χ0) is 27.0. The maximum absolute atomic E-state index is 14.2. The van der Waals surface area contributed by atoms with Crippen molar-refractivity contribution in [3.8, 4) is 5.75 Å². The van der Waals surface area contributed by atoms with E-state index in [1.54, 1.807) is 24.3 Å². The number of carbonyl (C=O) groups excluding carboxylic acids is 2. The minimum absolute atomic E-state index is 0.00876. The summed E-state index contributed by atoms with van der Waals surface area (Å²) in [7, 11) is 1.50. The van der Waals surface area contributed by atoms with Gasteiger partial charge in [-0.2, -0.15) is 0 Å². The molecule has 0 aromatic heterocycles. The molecular formula is C30H32FNO5. The quantitative estimate of drug-likeness (QED) is 0.401. The summed E-state index contributed by atoms with van der Waals surface area (Å²) in [5, 5.41) is 14.8. The summed E-state index contributed by atoms with van der Waals surface area (Å²) in [4.78, 5) is 25.5. The molecule has 37 heavy (non-hydrogen) atoms. The molecule has 0 fully saturated rings. The van der Waals surface area contributed by atoms with Crippen LogP contribution < -0.4 is 10.1 Å². The van der Waals surface area contributed by atoms with Crippen LogP contribution in [-0.2, 0) is 28.0 Å². The van der Waals surface area contributed by atoms with Crippen LogP contribution in [0.1, 0.15) is 58.4 Å². The molecule has 2 N–H and O–H groups in total. The van der Waals surface area contributed by atoms with Crippen molar-refractivity contribution in [2.75, 3.05) is 12.4 Å². The molecule has 0 spiro atoms. The van der Waals surface area contributed by atoms with E-state index < -0.39 is 28.7 Å². The van der Waals surface area contributed by atoms with Gasteiger partial charge >= 0.3 is 5.97 Å². The van der Waals surface area contributed by atoms with E-state index in [0.29, 0.717) is 28.1 Å². The summed E-state index contributed by atoms with van der Waals surface area (Å²) in [6.45, 7) is 7.76. The first-order chi connectivity index (χ1) is 17.4. The molecule has 0 bridgehead atoms. The van der Waals surface area contributed by atoms with Crippen LogP contribution in [0.3, 0.4) is 0 Å². The van der Waals surface area contributed by atoms with E-state index in [9.17, 15) is 19.1 Å². The predicted octanol–water partition coefficient (Wildman–Crippen LogP) is 5.40. The van der Waals surface area contributed by atoms with E-state index in [1.807, 2.05) is 45.9 Å². The Morgan fingerprint density at radius 2 is 1.78 bits per heavy atom. The van der Waals surface area contributed by atoms with Gasteiger partial charge in [0.05, 0.1) is 12.7 Å². The molecule has 4 rings (SSSR count). The number of hydrogen-bond donors (Lipinski definition) is 2. The van der Waals surface area contributed by atoms with Crippen molar-refractivity contribution in [2.45, 2.75) is 58.2 Å². The van der Waals surface area contributed by atoms with E-state index in [1.165, 1.54) is 19.2 Å². The Bertz CT molecular complexity index is 1350. The molecule has 0 aliphatic carbocycles. The largest absolute Gasteiger partial charge is 0.496 e. The fraction of sp³-hybridized carbons (Fsp3) is 0.333.